The first kappa shape index (κ1) is 15.5. The van der Waals surface area contributed by atoms with E-state index >= 15 is 0 Å². The molecule has 0 saturated carbocycles. The van der Waals surface area contributed by atoms with Crippen LogP contribution in [0.2, 0.25) is 0 Å². The van der Waals surface area contributed by atoms with Crippen LogP contribution >= 0.6 is 0 Å². The summed E-state index contributed by atoms with van der Waals surface area (Å²) < 4.78 is 5.65. The van der Waals surface area contributed by atoms with Gasteiger partial charge < -0.3 is 9.64 Å². The second kappa shape index (κ2) is 7.23. The van der Waals surface area contributed by atoms with Gasteiger partial charge in [0.1, 0.15) is 6.33 Å². The number of carbonyl (C=O) groups is 1. The van der Waals surface area contributed by atoms with Crippen molar-refractivity contribution >= 4 is 5.91 Å². The summed E-state index contributed by atoms with van der Waals surface area (Å²) in [6, 6.07) is 0. The number of hydrogen-bond acceptors (Lipinski definition) is 6. The predicted molar refractivity (Wildman–Crippen MR) is 82.7 cm³/mol. The van der Waals surface area contributed by atoms with E-state index in [0.717, 1.165) is 17.8 Å². The average Bonchev–Trinajstić information content (AvgIpc) is 2.83. The maximum atomic E-state index is 12.6. The summed E-state index contributed by atoms with van der Waals surface area (Å²) in [7, 11) is 0. The number of rotatable bonds is 3. The van der Waals surface area contributed by atoms with Crippen LogP contribution in [0.4, 0.5) is 0 Å². The molecule has 2 aromatic heterocycles. The van der Waals surface area contributed by atoms with E-state index in [4.69, 9.17) is 4.74 Å². The summed E-state index contributed by atoms with van der Waals surface area (Å²) >= 11 is 0. The molecule has 7 nitrogen and oxygen atoms in total. The number of amides is 1. The van der Waals surface area contributed by atoms with Gasteiger partial charge in [0, 0.05) is 43.8 Å². The smallest absolute Gasteiger partial charge is 0.257 e. The lowest BCUT2D eigenvalue weighted by molar-refractivity contribution is 0.0736. The van der Waals surface area contributed by atoms with Gasteiger partial charge in [-0.1, -0.05) is 0 Å². The van der Waals surface area contributed by atoms with Crippen molar-refractivity contribution in [3.8, 4) is 0 Å². The minimum absolute atomic E-state index is 0.0592. The third-order valence-electron chi connectivity index (χ3n) is 3.76. The van der Waals surface area contributed by atoms with E-state index in [2.05, 4.69) is 19.9 Å². The molecule has 120 valence electrons. The third kappa shape index (κ3) is 4.07. The van der Waals surface area contributed by atoms with E-state index in [0.29, 0.717) is 31.9 Å². The summed E-state index contributed by atoms with van der Waals surface area (Å²) in [5, 5.41) is 0. The number of nitrogens with zero attached hydrogens (tertiary/aromatic N) is 5. The molecular formula is C16H19N5O2. The number of carbonyl (C=O) groups excluding carboxylic acids is 1. The highest BCUT2D eigenvalue weighted by Gasteiger charge is 2.24. The van der Waals surface area contributed by atoms with E-state index in [1.54, 1.807) is 29.7 Å². The van der Waals surface area contributed by atoms with Crippen molar-refractivity contribution in [3.63, 3.8) is 0 Å². The third-order valence-corrected chi connectivity index (χ3v) is 3.76. The molecule has 7 heteroatoms. The van der Waals surface area contributed by atoms with Crippen molar-refractivity contribution in [1.29, 1.82) is 0 Å². The van der Waals surface area contributed by atoms with E-state index < -0.39 is 0 Å². The maximum absolute atomic E-state index is 12.6. The summed E-state index contributed by atoms with van der Waals surface area (Å²) in [5.41, 5.74) is 2.32. The first-order valence-electron chi connectivity index (χ1n) is 7.62. The van der Waals surface area contributed by atoms with Gasteiger partial charge in [0.2, 0.25) is 0 Å². The Morgan fingerprint density at radius 1 is 1.26 bits per heavy atom. The lowest BCUT2D eigenvalue weighted by atomic mass is 10.0. The van der Waals surface area contributed by atoms with Crippen LogP contribution in [0, 0.1) is 12.8 Å². The van der Waals surface area contributed by atoms with Gasteiger partial charge in [-0.25, -0.2) is 9.97 Å². The van der Waals surface area contributed by atoms with Crippen molar-refractivity contribution in [1.82, 2.24) is 24.8 Å². The zero-order chi connectivity index (χ0) is 16.1. The first-order chi connectivity index (χ1) is 11.2. The quantitative estimate of drug-likeness (QED) is 0.837. The number of aryl methyl sites for hydroxylation is 1. The zero-order valence-electron chi connectivity index (χ0n) is 13.1. The molecule has 0 aromatic carbocycles. The first-order valence-corrected chi connectivity index (χ1v) is 7.62. The molecule has 0 N–H and O–H groups in total. The van der Waals surface area contributed by atoms with Crippen molar-refractivity contribution in [2.75, 3.05) is 26.3 Å². The fourth-order valence-electron chi connectivity index (χ4n) is 2.60. The molecule has 1 saturated heterocycles. The minimum Gasteiger partial charge on any atom is -0.379 e. The summed E-state index contributed by atoms with van der Waals surface area (Å²) in [6.07, 6.45) is 8.79. The van der Waals surface area contributed by atoms with Crippen LogP contribution in [-0.4, -0.2) is 57.0 Å². The van der Waals surface area contributed by atoms with Gasteiger partial charge in [-0.3, -0.25) is 14.8 Å². The second-order valence-electron chi connectivity index (χ2n) is 5.67. The molecule has 1 aliphatic rings. The summed E-state index contributed by atoms with van der Waals surface area (Å²) in [6.45, 7) is 4.26. The maximum Gasteiger partial charge on any atom is 0.257 e. The molecule has 0 bridgehead atoms. The summed E-state index contributed by atoms with van der Waals surface area (Å²) in [4.78, 5) is 30.8. The fraction of sp³-hybridized carbons (Fsp3) is 0.438. The van der Waals surface area contributed by atoms with Gasteiger partial charge in [-0.15, -0.1) is 0 Å². The van der Waals surface area contributed by atoms with Gasteiger partial charge in [0.15, 0.2) is 0 Å². The van der Waals surface area contributed by atoms with Crippen LogP contribution in [0.3, 0.4) is 0 Å². The Bertz CT molecular complexity index is 647. The van der Waals surface area contributed by atoms with Crippen LogP contribution in [0.1, 0.15) is 21.7 Å². The Kier molecular flexibility index (Phi) is 4.87. The molecule has 1 fully saturated rings. The molecule has 3 rings (SSSR count). The molecule has 1 unspecified atom stereocenters. The minimum atomic E-state index is -0.0592. The van der Waals surface area contributed by atoms with Crippen LogP contribution < -0.4 is 0 Å². The largest absolute Gasteiger partial charge is 0.379 e. The van der Waals surface area contributed by atoms with Gasteiger partial charge in [0.25, 0.3) is 5.91 Å². The monoisotopic (exact) mass is 313 g/mol. The Labute approximate surface area is 134 Å². The van der Waals surface area contributed by atoms with Crippen molar-refractivity contribution in [3.05, 3.63) is 48.1 Å². The lowest BCUT2D eigenvalue weighted by Gasteiger charge is -2.23. The van der Waals surface area contributed by atoms with Gasteiger partial charge in [-0.2, -0.15) is 0 Å². The van der Waals surface area contributed by atoms with Crippen LogP contribution in [0.25, 0.3) is 0 Å². The average molecular weight is 313 g/mol. The van der Waals surface area contributed by atoms with E-state index in [9.17, 15) is 4.79 Å². The van der Waals surface area contributed by atoms with Gasteiger partial charge in [-0.05, 0) is 13.3 Å². The molecule has 1 atom stereocenters. The molecule has 2 aromatic rings. The molecule has 0 spiro atoms. The normalized spacial score (nSPS) is 18.5. The topological polar surface area (TPSA) is 81.1 Å². The van der Waals surface area contributed by atoms with Gasteiger partial charge >= 0.3 is 0 Å². The van der Waals surface area contributed by atoms with Crippen molar-refractivity contribution in [2.45, 2.75) is 13.3 Å². The Morgan fingerprint density at radius 2 is 2.09 bits per heavy atom. The fourth-order valence-corrected chi connectivity index (χ4v) is 2.60. The van der Waals surface area contributed by atoms with E-state index in [-0.39, 0.29) is 11.8 Å². The highest BCUT2D eigenvalue weighted by Crippen LogP contribution is 2.14. The second-order valence-corrected chi connectivity index (χ2v) is 5.67. The molecule has 23 heavy (non-hydrogen) atoms. The van der Waals surface area contributed by atoms with Crippen molar-refractivity contribution in [2.24, 2.45) is 5.92 Å². The standard InChI is InChI=1S/C16H19N5O2/c1-12-5-20-15(8-19-12)4-13-9-21(2-3-23-10-13)16(22)14-6-17-11-18-7-14/h5-8,11,13H,2-4,9-10H2,1H3. The van der Waals surface area contributed by atoms with E-state index in [1.165, 1.54) is 6.33 Å². The molecule has 3 heterocycles. The van der Waals surface area contributed by atoms with Gasteiger partial charge in [0.05, 0.1) is 30.2 Å². The SMILES string of the molecule is Cc1cnc(CC2COCCN(C(=O)c3cncnc3)C2)cn1. The number of ether oxygens (including phenoxy) is 1. The summed E-state index contributed by atoms with van der Waals surface area (Å²) in [5.74, 6) is 0.138. The highest BCUT2D eigenvalue weighted by molar-refractivity contribution is 5.93. The predicted octanol–water partition coefficient (Wildman–Crippen LogP) is 0.906. The zero-order valence-corrected chi connectivity index (χ0v) is 13.1. The molecule has 0 radical (unpaired) electrons. The lowest BCUT2D eigenvalue weighted by Crippen LogP contribution is -2.36. The molecule has 1 aliphatic heterocycles. The molecular weight excluding hydrogens is 294 g/mol. The molecule has 1 amide bonds. The van der Waals surface area contributed by atoms with Crippen LogP contribution in [0.15, 0.2) is 31.1 Å². The molecule has 0 aliphatic carbocycles. The Morgan fingerprint density at radius 3 is 2.83 bits per heavy atom. The number of aromatic nitrogens is 4. The van der Waals surface area contributed by atoms with Crippen LogP contribution in [-0.2, 0) is 11.2 Å². The van der Waals surface area contributed by atoms with Crippen LogP contribution in [0.5, 0.6) is 0 Å². The van der Waals surface area contributed by atoms with E-state index in [1.807, 2.05) is 6.92 Å². The Balaban J connectivity index is 1.68. The Hall–Kier alpha value is -2.41. The highest BCUT2D eigenvalue weighted by atomic mass is 16.5. The van der Waals surface area contributed by atoms with Crippen molar-refractivity contribution < 1.29 is 9.53 Å². The number of hydrogen-bond donors (Lipinski definition) is 0.